The van der Waals surface area contributed by atoms with Gasteiger partial charge in [0.15, 0.2) is 0 Å². The number of nitrogens with one attached hydrogen (secondary N) is 2. The van der Waals surface area contributed by atoms with Gasteiger partial charge < -0.3 is 15.4 Å². The van der Waals surface area contributed by atoms with Crippen LogP contribution in [-0.4, -0.2) is 42.4 Å². The molecule has 1 aliphatic heterocycles. The summed E-state index contributed by atoms with van der Waals surface area (Å²) in [6, 6.07) is 6.95. The number of hydrogen-bond acceptors (Lipinski definition) is 6. The van der Waals surface area contributed by atoms with E-state index in [1.54, 1.807) is 6.92 Å². The van der Waals surface area contributed by atoms with Crippen LogP contribution in [0, 0.1) is 0 Å². The van der Waals surface area contributed by atoms with Crippen LogP contribution >= 0.6 is 11.3 Å². The predicted octanol–water partition coefficient (Wildman–Crippen LogP) is 3.77. The summed E-state index contributed by atoms with van der Waals surface area (Å²) in [5.74, 6) is -1.53. The van der Waals surface area contributed by atoms with Crippen molar-refractivity contribution >= 4 is 40.2 Å². The molecule has 1 aromatic heterocycles. The Morgan fingerprint density at radius 1 is 1.18 bits per heavy atom. The van der Waals surface area contributed by atoms with Crippen molar-refractivity contribution in [2.75, 3.05) is 19.0 Å². The highest BCUT2D eigenvalue weighted by Gasteiger charge is 2.49. The Kier molecular flexibility index (Phi) is 6.74. The number of hydrogen-bond donors (Lipinski definition) is 2. The van der Waals surface area contributed by atoms with E-state index in [-0.39, 0.29) is 0 Å². The number of carbonyl (C=O) groups excluding carboxylic acids is 4. The van der Waals surface area contributed by atoms with E-state index in [1.165, 1.54) is 18.4 Å². The quantitative estimate of drug-likeness (QED) is 0.461. The zero-order valence-electron chi connectivity index (χ0n) is 19.7. The van der Waals surface area contributed by atoms with Crippen LogP contribution in [0.25, 0.3) is 0 Å². The number of aryl methyl sites for hydroxylation is 2. The van der Waals surface area contributed by atoms with Gasteiger partial charge in [-0.15, -0.1) is 11.3 Å². The molecule has 1 atom stereocenters. The fraction of sp³-hybridized carbons (Fsp3) is 0.440. The van der Waals surface area contributed by atoms with Gasteiger partial charge in [0.05, 0.1) is 12.7 Å². The maximum atomic E-state index is 13.2. The molecule has 1 saturated heterocycles. The number of benzene rings is 1. The molecule has 2 aliphatic rings. The van der Waals surface area contributed by atoms with Gasteiger partial charge in [0.1, 0.15) is 17.1 Å². The molecular weight excluding hydrogens is 454 g/mol. The van der Waals surface area contributed by atoms with Crippen LogP contribution in [0.4, 0.5) is 9.80 Å². The summed E-state index contributed by atoms with van der Waals surface area (Å²) in [7, 11) is 1.31. The lowest BCUT2D eigenvalue weighted by Gasteiger charge is -2.22. The molecule has 1 aromatic carbocycles. The van der Waals surface area contributed by atoms with E-state index < -0.39 is 35.9 Å². The number of rotatable bonds is 7. The van der Waals surface area contributed by atoms with Crippen LogP contribution in [0.15, 0.2) is 24.3 Å². The minimum Gasteiger partial charge on any atom is -0.465 e. The highest BCUT2D eigenvalue weighted by molar-refractivity contribution is 7.17. The molecule has 0 radical (unpaired) electrons. The third-order valence-corrected chi connectivity index (χ3v) is 7.67. The van der Waals surface area contributed by atoms with Gasteiger partial charge in [0.25, 0.3) is 5.91 Å². The summed E-state index contributed by atoms with van der Waals surface area (Å²) < 4.78 is 4.94. The van der Waals surface area contributed by atoms with Crippen LogP contribution in [0.2, 0.25) is 0 Å². The molecule has 2 aromatic rings. The van der Waals surface area contributed by atoms with Gasteiger partial charge in [-0.05, 0) is 55.7 Å². The van der Waals surface area contributed by atoms with Crippen molar-refractivity contribution in [3.8, 4) is 0 Å². The first-order valence-corrected chi connectivity index (χ1v) is 12.4. The van der Waals surface area contributed by atoms with Crippen molar-refractivity contribution in [2.45, 2.75) is 57.9 Å². The summed E-state index contributed by atoms with van der Waals surface area (Å²) in [5, 5.41) is 5.88. The fourth-order valence-corrected chi connectivity index (χ4v) is 5.90. The Hall–Kier alpha value is -3.20. The molecule has 2 heterocycles. The molecule has 180 valence electrons. The lowest BCUT2D eigenvalue weighted by molar-refractivity contribution is -0.133. The van der Waals surface area contributed by atoms with Crippen LogP contribution in [-0.2, 0) is 39.1 Å². The SMILES string of the molecule is CCCc1ccc(C2(C)NC(=O)N(CC(=O)Nc3sc4c(c3C(=O)OC)CCCC4)C2=O)cc1. The number of thiophene rings is 1. The first kappa shape index (κ1) is 23.9. The van der Waals surface area contributed by atoms with E-state index in [4.69, 9.17) is 4.74 Å². The number of anilines is 1. The molecule has 2 N–H and O–H groups in total. The molecule has 4 rings (SSSR count). The molecule has 8 nitrogen and oxygen atoms in total. The second-order valence-corrected chi connectivity index (χ2v) is 9.95. The summed E-state index contributed by atoms with van der Waals surface area (Å²) in [4.78, 5) is 53.1. The second kappa shape index (κ2) is 9.58. The predicted molar refractivity (Wildman–Crippen MR) is 129 cm³/mol. The number of urea groups is 1. The molecule has 1 fully saturated rings. The number of fused-ring (bicyclic) bond motifs is 1. The van der Waals surface area contributed by atoms with Gasteiger partial charge in [-0.2, -0.15) is 0 Å². The van der Waals surface area contributed by atoms with Gasteiger partial charge in [-0.25, -0.2) is 9.59 Å². The molecule has 0 saturated carbocycles. The monoisotopic (exact) mass is 483 g/mol. The molecule has 1 unspecified atom stereocenters. The molecule has 1 aliphatic carbocycles. The molecule has 0 bridgehead atoms. The minimum absolute atomic E-state index is 0.379. The van der Waals surface area contributed by atoms with E-state index in [9.17, 15) is 19.2 Å². The van der Waals surface area contributed by atoms with Crippen molar-refractivity contribution in [1.82, 2.24) is 10.2 Å². The minimum atomic E-state index is -1.25. The third kappa shape index (κ3) is 4.32. The number of ether oxygens (including phenoxy) is 1. The van der Waals surface area contributed by atoms with E-state index in [2.05, 4.69) is 17.6 Å². The molecule has 4 amide bonds. The Morgan fingerprint density at radius 2 is 1.88 bits per heavy atom. The second-order valence-electron chi connectivity index (χ2n) is 8.85. The van der Waals surface area contributed by atoms with Crippen LogP contribution in [0.5, 0.6) is 0 Å². The molecular formula is C25H29N3O5S. The largest absolute Gasteiger partial charge is 0.465 e. The maximum absolute atomic E-state index is 13.2. The molecule has 0 spiro atoms. The standard InChI is InChI=1S/C25H29N3O5S/c1-4-7-15-10-12-16(13-11-15)25(2)23(31)28(24(32)27-25)14-19(29)26-21-20(22(30)33-3)17-8-5-6-9-18(17)34-21/h10-13H,4-9,14H2,1-3H3,(H,26,29)(H,27,32). The van der Waals surface area contributed by atoms with Crippen molar-refractivity contribution in [2.24, 2.45) is 0 Å². The summed E-state index contributed by atoms with van der Waals surface area (Å²) in [6.07, 6.45) is 5.56. The number of amides is 4. The van der Waals surface area contributed by atoms with Gasteiger partial charge in [-0.1, -0.05) is 37.6 Å². The average Bonchev–Trinajstić information content (AvgIpc) is 3.29. The van der Waals surface area contributed by atoms with Crippen molar-refractivity contribution < 1.29 is 23.9 Å². The zero-order valence-corrected chi connectivity index (χ0v) is 20.5. The highest BCUT2D eigenvalue weighted by atomic mass is 32.1. The van der Waals surface area contributed by atoms with Gasteiger partial charge in [0, 0.05) is 4.88 Å². The average molecular weight is 484 g/mol. The van der Waals surface area contributed by atoms with Crippen LogP contribution in [0.3, 0.4) is 0 Å². The molecule has 9 heteroatoms. The van der Waals surface area contributed by atoms with E-state index in [0.717, 1.165) is 59.4 Å². The highest BCUT2D eigenvalue weighted by Crippen LogP contribution is 2.38. The Morgan fingerprint density at radius 3 is 2.56 bits per heavy atom. The van der Waals surface area contributed by atoms with Gasteiger partial charge >= 0.3 is 12.0 Å². The number of carbonyl (C=O) groups is 4. The first-order valence-electron chi connectivity index (χ1n) is 11.5. The fourth-order valence-electron chi connectivity index (χ4n) is 4.61. The maximum Gasteiger partial charge on any atom is 0.341 e. The number of imide groups is 1. The first-order chi connectivity index (χ1) is 16.3. The Labute approximate surface area is 202 Å². The normalized spacial score (nSPS) is 19.6. The van der Waals surface area contributed by atoms with Crippen molar-refractivity contribution in [1.29, 1.82) is 0 Å². The number of esters is 1. The zero-order chi connectivity index (χ0) is 24.5. The summed E-state index contributed by atoms with van der Waals surface area (Å²) >= 11 is 1.36. The van der Waals surface area contributed by atoms with E-state index in [0.29, 0.717) is 16.1 Å². The number of methoxy groups -OCH3 is 1. The van der Waals surface area contributed by atoms with Gasteiger partial charge in [-0.3, -0.25) is 14.5 Å². The van der Waals surface area contributed by atoms with Crippen LogP contribution < -0.4 is 10.6 Å². The lowest BCUT2D eigenvalue weighted by Crippen LogP contribution is -2.42. The third-order valence-electron chi connectivity index (χ3n) is 6.46. The Bertz CT molecular complexity index is 1140. The lowest BCUT2D eigenvalue weighted by atomic mass is 9.91. The van der Waals surface area contributed by atoms with Crippen molar-refractivity contribution in [3.05, 3.63) is 51.4 Å². The summed E-state index contributed by atoms with van der Waals surface area (Å²) in [6.45, 7) is 3.29. The topological polar surface area (TPSA) is 105 Å². The smallest absolute Gasteiger partial charge is 0.341 e. The van der Waals surface area contributed by atoms with E-state index >= 15 is 0 Å². The number of nitrogens with zero attached hydrogens (tertiary/aromatic N) is 1. The van der Waals surface area contributed by atoms with E-state index in [1.807, 2.05) is 24.3 Å². The summed E-state index contributed by atoms with van der Waals surface area (Å²) in [5.41, 5.74) is 1.87. The molecule has 34 heavy (non-hydrogen) atoms. The Balaban J connectivity index is 1.51. The van der Waals surface area contributed by atoms with Crippen molar-refractivity contribution in [3.63, 3.8) is 0 Å². The van der Waals surface area contributed by atoms with Gasteiger partial charge in [0.2, 0.25) is 5.91 Å². The van der Waals surface area contributed by atoms with Crippen LogP contribution in [0.1, 0.15) is 65.0 Å².